The molecule has 3 aromatic carbocycles. The predicted octanol–water partition coefficient (Wildman–Crippen LogP) is 5.93. The monoisotopic (exact) mass is 483 g/mol. The number of aliphatic imine (C=N–C) groups is 1. The Morgan fingerprint density at radius 1 is 0.939 bits per heavy atom. The summed E-state index contributed by atoms with van der Waals surface area (Å²) in [5, 5.41) is 1.10. The maximum Gasteiger partial charge on any atom is 0.363 e. The second kappa shape index (κ2) is 9.98. The van der Waals surface area contributed by atoms with Crippen molar-refractivity contribution in [1.29, 1.82) is 0 Å². The second-order valence-corrected chi connectivity index (χ2v) is 7.81. The van der Waals surface area contributed by atoms with E-state index in [2.05, 4.69) is 4.99 Å². The lowest BCUT2D eigenvalue weighted by molar-refractivity contribution is -0.129. The lowest BCUT2D eigenvalue weighted by Crippen LogP contribution is -2.07. The Morgan fingerprint density at radius 2 is 1.70 bits per heavy atom. The molecule has 0 aromatic heterocycles. The maximum absolute atomic E-state index is 12.4. The van der Waals surface area contributed by atoms with Crippen LogP contribution < -0.4 is 14.2 Å². The van der Waals surface area contributed by atoms with Crippen LogP contribution in [0.15, 0.2) is 71.4 Å². The van der Waals surface area contributed by atoms with Gasteiger partial charge in [-0.3, -0.25) is 0 Å². The first-order chi connectivity index (χ1) is 16.0. The van der Waals surface area contributed by atoms with Crippen molar-refractivity contribution in [2.45, 2.75) is 6.61 Å². The number of benzene rings is 3. The number of hydrogen-bond donors (Lipinski definition) is 0. The van der Waals surface area contributed by atoms with Crippen molar-refractivity contribution >= 4 is 41.1 Å². The minimum atomic E-state index is -0.579. The number of rotatable bonds is 7. The van der Waals surface area contributed by atoms with E-state index in [9.17, 15) is 4.79 Å². The number of carbonyl (C=O) groups excluding carboxylic acids is 1. The molecule has 1 aliphatic rings. The highest BCUT2D eigenvalue weighted by atomic mass is 35.5. The standard InChI is InChI=1S/C25H19Cl2NO5/c1-30-21-10-8-17(26)13-18(21)24-28-20(25(29)33-24)11-15-7-9-22(23(12-15)31-2)32-14-16-5-3-4-6-19(16)27/h3-13H,14H2,1-2H3/b20-11-. The number of cyclic esters (lactones) is 1. The summed E-state index contributed by atoms with van der Waals surface area (Å²) < 4.78 is 22.0. The van der Waals surface area contributed by atoms with Gasteiger partial charge in [0.1, 0.15) is 12.4 Å². The highest BCUT2D eigenvalue weighted by Gasteiger charge is 2.26. The third kappa shape index (κ3) is 5.13. The van der Waals surface area contributed by atoms with Crippen molar-refractivity contribution in [3.05, 3.63) is 93.1 Å². The van der Waals surface area contributed by atoms with Gasteiger partial charge in [0.05, 0.1) is 19.8 Å². The minimum Gasteiger partial charge on any atom is -0.496 e. The molecule has 8 heteroatoms. The van der Waals surface area contributed by atoms with E-state index in [1.54, 1.807) is 55.7 Å². The van der Waals surface area contributed by atoms with Crippen LogP contribution in [0.2, 0.25) is 10.0 Å². The third-order valence-electron chi connectivity index (χ3n) is 4.84. The van der Waals surface area contributed by atoms with Gasteiger partial charge in [0, 0.05) is 15.6 Å². The first-order valence-corrected chi connectivity index (χ1v) is 10.6. The summed E-state index contributed by atoms with van der Waals surface area (Å²) in [4.78, 5) is 16.7. The van der Waals surface area contributed by atoms with Crippen LogP contribution in [-0.4, -0.2) is 26.1 Å². The fraction of sp³-hybridized carbons (Fsp3) is 0.120. The molecule has 0 unspecified atom stereocenters. The van der Waals surface area contributed by atoms with Crippen molar-refractivity contribution in [2.75, 3.05) is 14.2 Å². The molecule has 3 aromatic rings. The van der Waals surface area contributed by atoms with Gasteiger partial charge in [-0.1, -0.05) is 47.5 Å². The quantitative estimate of drug-likeness (QED) is 0.307. The number of halogens is 2. The molecule has 168 valence electrons. The van der Waals surface area contributed by atoms with Gasteiger partial charge >= 0.3 is 5.97 Å². The molecular formula is C25H19Cl2NO5. The number of hydrogen-bond acceptors (Lipinski definition) is 6. The zero-order valence-corrected chi connectivity index (χ0v) is 19.3. The number of carbonyl (C=O) groups is 1. The third-order valence-corrected chi connectivity index (χ3v) is 5.45. The molecule has 4 rings (SSSR count). The molecule has 0 atom stereocenters. The van der Waals surface area contributed by atoms with Crippen LogP contribution in [0.5, 0.6) is 17.2 Å². The van der Waals surface area contributed by atoms with E-state index < -0.39 is 5.97 Å². The number of esters is 1. The van der Waals surface area contributed by atoms with Crippen LogP contribution in [-0.2, 0) is 16.1 Å². The molecule has 0 fully saturated rings. The van der Waals surface area contributed by atoms with E-state index in [0.29, 0.717) is 38.4 Å². The van der Waals surface area contributed by atoms with E-state index in [-0.39, 0.29) is 18.2 Å². The van der Waals surface area contributed by atoms with Crippen molar-refractivity contribution in [2.24, 2.45) is 4.99 Å². The molecule has 1 aliphatic heterocycles. The number of nitrogens with zero attached hydrogens (tertiary/aromatic N) is 1. The van der Waals surface area contributed by atoms with Crippen LogP contribution in [0.1, 0.15) is 16.7 Å². The Kier molecular flexibility index (Phi) is 6.87. The highest BCUT2D eigenvalue weighted by Crippen LogP contribution is 2.32. The highest BCUT2D eigenvalue weighted by molar-refractivity contribution is 6.31. The number of methoxy groups -OCH3 is 2. The summed E-state index contributed by atoms with van der Waals surface area (Å²) in [6.07, 6.45) is 1.60. The lowest BCUT2D eigenvalue weighted by Gasteiger charge is -2.12. The molecule has 6 nitrogen and oxygen atoms in total. The normalized spacial score (nSPS) is 14.1. The summed E-state index contributed by atoms with van der Waals surface area (Å²) in [5.74, 6) is 1.08. The molecule has 0 saturated heterocycles. The van der Waals surface area contributed by atoms with Gasteiger partial charge in [0.25, 0.3) is 0 Å². The SMILES string of the molecule is COc1cc(/C=C2\N=C(c3cc(Cl)ccc3OC)OC2=O)ccc1OCc1ccccc1Cl. The fourth-order valence-electron chi connectivity index (χ4n) is 3.19. The summed E-state index contributed by atoms with van der Waals surface area (Å²) in [6.45, 7) is 0.290. The summed E-state index contributed by atoms with van der Waals surface area (Å²) in [5.41, 5.74) is 2.17. The fourth-order valence-corrected chi connectivity index (χ4v) is 3.56. The van der Waals surface area contributed by atoms with E-state index in [1.165, 1.54) is 7.11 Å². The molecule has 0 saturated carbocycles. The minimum absolute atomic E-state index is 0.122. The van der Waals surface area contributed by atoms with Crippen LogP contribution in [0.3, 0.4) is 0 Å². The van der Waals surface area contributed by atoms with Crippen LogP contribution in [0, 0.1) is 0 Å². The van der Waals surface area contributed by atoms with E-state index in [0.717, 1.165) is 5.56 Å². The van der Waals surface area contributed by atoms with Gasteiger partial charge < -0.3 is 18.9 Å². The molecule has 0 aliphatic carbocycles. The van der Waals surface area contributed by atoms with E-state index in [1.807, 2.05) is 18.2 Å². The average Bonchev–Trinajstić information content (AvgIpc) is 3.18. The van der Waals surface area contributed by atoms with Crippen LogP contribution in [0.4, 0.5) is 0 Å². The molecule has 33 heavy (non-hydrogen) atoms. The Morgan fingerprint density at radius 3 is 2.45 bits per heavy atom. The lowest BCUT2D eigenvalue weighted by atomic mass is 10.1. The summed E-state index contributed by atoms with van der Waals surface area (Å²) in [7, 11) is 3.06. The molecule has 0 radical (unpaired) electrons. The largest absolute Gasteiger partial charge is 0.496 e. The van der Waals surface area contributed by atoms with Gasteiger partial charge in [0.15, 0.2) is 17.2 Å². The number of ether oxygens (including phenoxy) is 4. The second-order valence-electron chi connectivity index (χ2n) is 6.97. The van der Waals surface area contributed by atoms with Crippen molar-refractivity contribution in [1.82, 2.24) is 0 Å². The van der Waals surface area contributed by atoms with Crippen molar-refractivity contribution < 1.29 is 23.7 Å². The molecular weight excluding hydrogens is 465 g/mol. The Hall–Kier alpha value is -3.48. The average molecular weight is 484 g/mol. The van der Waals surface area contributed by atoms with Gasteiger partial charge in [-0.15, -0.1) is 0 Å². The van der Waals surface area contributed by atoms with Gasteiger partial charge in [-0.05, 0) is 48.0 Å². The Balaban J connectivity index is 1.58. The van der Waals surface area contributed by atoms with Crippen molar-refractivity contribution in [3.63, 3.8) is 0 Å². The summed E-state index contributed by atoms with van der Waals surface area (Å²) >= 11 is 12.3. The molecule has 0 amide bonds. The molecule has 1 heterocycles. The first-order valence-electron chi connectivity index (χ1n) is 9.89. The van der Waals surface area contributed by atoms with E-state index >= 15 is 0 Å². The van der Waals surface area contributed by atoms with Gasteiger partial charge in [0.2, 0.25) is 5.90 Å². The molecule has 0 bridgehead atoms. The Bertz CT molecular complexity index is 1270. The van der Waals surface area contributed by atoms with Gasteiger partial charge in [-0.2, -0.15) is 0 Å². The van der Waals surface area contributed by atoms with Crippen LogP contribution >= 0.6 is 23.2 Å². The van der Waals surface area contributed by atoms with Gasteiger partial charge in [-0.25, -0.2) is 9.79 Å². The summed E-state index contributed by atoms with van der Waals surface area (Å²) in [6, 6.07) is 17.7. The van der Waals surface area contributed by atoms with Crippen molar-refractivity contribution in [3.8, 4) is 17.2 Å². The smallest absolute Gasteiger partial charge is 0.363 e. The first kappa shape index (κ1) is 22.7. The maximum atomic E-state index is 12.4. The van der Waals surface area contributed by atoms with E-state index in [4.69, 9.17) is 42.1 Å². The zero-order chi connectivity index (χ0) is 23.4. The Labute approximate surface area is 201 Å². The predicted molar refractivity (Wildman–Crippen MR) is 127 cm³/mol. The topological polar surface area (TPSA) is 66.3 Å². The molecule has 0 N–H and O–H groups in total. The zero-order valence-electron chi connectivity index (χ0n) is 17.8. The van der Waals surface area contributed by atoms with Crippen LogP contribution in [0.25, 0.3) is 6.08 Å². The molecule has 0 spiro atoms.